The van der Waals surface area contributed by atoms with E-state index in [1.807, 2.05) is 31.1 Å². The molecule has 1 heterocycles. The third-order valence-electron chi connectivity index (χ3n) is 4.06. The summed E-state index contributed by atoms with van der Waals surface area (Å²) in [6.45, 7) is 1.12. The zero-order valence-corrected chi connectivity index (χ0v) is 16.4. The van der Waals surface area contributed by atoms with Crippen LogP contribution in [-0.4, -0.2) is 77.2 Å². The lowest BCUT2D eigenvalue weighted by molar-refractivity contribution is -0.123. The largest absolute Gasteiger partial charge is 0.379 e. The number of morpholine rings is 1. The Morgan fingerprint density at radius 3 is 2.33 bits per heavy atom. The highest BCUT2D eigenvalue weighted by Crippen LogP contribution is 2.15. The third kappa shape index (κ3) is 6.81. The highest BCUT2D eigenvalue weighted by atomic mass is 32.2. The predicted molar refractivity (Wildman–Crippen MR) is 103 cm³/mol. The van der Waals surface area contributed by atoms with Crippen molar-refractivity contribution in [2.75, 3.05) is 62.9 Å². The molecule has 0 aliphatic carbocycles. The van der Waals surface area contributed by atoms with Crippen molar-refractivity contribution in [3.8, 4) is 0 Å². The van der Waals surface area contributed by atoms with E-state index in [4.69, 9.17) is 4.74 Å². The van der Waals surface area contributed by atoms with Crippen LogP contribution in [0.1, 0.15) is 6.42 Å². The first-order valence-corrected chi connectivity index (χ1v) is 10.3. The Labute approximate surface area is 159 Å². The second-order valence-electron chi connectivity index (χ2n) is 6.34. The van der Waals surface area contributed by atoms with Gasteiger partial charge in [0.05, 0.1) is 25.5 Å². The number of amides is 2. The van der Waals surface area contributed by atoms with E-state index in [2.05, 4.69) is 10.6 Å². The van der Waals surface area contributed by atoms with E-state index in [1.165, 1.54) is 4.31 Å². The second-order valence-corrected chi connectivity index (χ2v) is 8.43. The topological polar surface area (TPSA) is 108 Å². The van der Waals surface area contributed by atoms with Crippen LogP contribution in [0.4, 0.5) is 11.4 Å². The number of nitrogens with one attached hydrogen (secondary N) is 2. The summed E-state index contributed by atoms with van der Waals surface area (Å²) < 4.78 is 30.8. The molecule has 0 bridgehead atoms. The lowest BCUT2D eigenvalue weighted by Gasteiger charge is -2.25. The molecule has 9 nitrogen and oxygen atoms in total. The van der Waals surface area contributed by atoms with Gasteiger partial charge in [-0.05, 0) is 24.3 Å². The Morgan fingerprint density at radius 1 is 1.11 bits per heavy atom. The molecule has 2 rings (SSSR count). The van der Waals surface area contributed by atoms with Gasteiger partial charge in [-0.2, -0.15) is 4.31 Å². The molecule has 0 radical (unpaired) electrons. The van der Waals surface area contributed by atoms with Crippen molar-refractivity contribution in [2.45, 2.75) is 6.42 Å². The number of rotatable bonds is 8. The number of ether oxygens (including phenoxy) is 1. The van der Waals surface area contributed by atoms with Gasteiger partial charge >= 0.3 is 0 Å². The fourth-order valence-corrected chi connectivity index (χ4v) is 3.90. The van der Waals surface area contributed by atoms with Gasteiger partial charge in [0, 0.05) is 45.0 Å². The van der Waals surface area contributed by atoms with Crippen molar-refractivity contribution in [1.29, 1.82) is 0 Å². The minimum Gasteiger partial charge on any atom is -0.379 e. The Morgan fingerprint density at radius 2 is 1.74 bits per heavy atom. The van der Waals surface area contributed by atoms with Crippen LogP contribution in [0, 0.1) is 0 Å². The lowest BCUT2D eigenvalue weighted by atomic mass is 10.2. The number of hydrogen-bond acceptors (Lipinski definition) is 6. The number of carbonyl (C=O) groups excluding carboxylic acids is 2. The zero-order chi connectivity index (χ0) is 19.9. The molecular weight excluding hydrogens is 372 g/mol. The fourth-order valence-electron chi connectivity index (χ4n) is 2.49. The first-order chi connectivity index (χ1) is 12.8. The highest BCUT2D eigenvalue weighted by Gasteiger charge is 2.24. The standard InChI is InChI=1S/C17H26N4O5S/c1-20(2)15-5-3-14(4-6-15)19-17(23)13-18-16(22)7-12-27(24,25)21-8-10-26-11-9-21/h3-6H,7-13H2,1-2H3,(H,18,22)(H,19,23). The Balaban J connectivity index is 1.72. The SMILES string of the molecule is CN(C)c1ccc(NC(=O)CNC(=O)CCS(=O)(=O)N2CCOCC2)cc1. The van der Waals surface area contributed by atoms with Crippen LogP contribution in [0.5, 0.6) is 0 Å². The molecule has 1 aliphatic rings. The summed E-state index contributed by atoms with van der Waals surface area (Å²) in [6, 6.07) is 7.27. The number of sulfonamides is 1. The molecule has 27 heavy (non-hydrogen) atoms. The average Bonchev–Trinajstić information content (AvgIpc) is 2.66. The van der Waals surface area contributed by atoms with Crippen LogP contribution in [0.3, 0.4) is 0 Å². The van der Waals surface area contributed by atoms with Crippen molar-refractivity contribution < 1.29 is 22.7 Å². The summed E-state index contributed by atoms with van der Waals surface area (Å²) in [5, 5.41) is 5.12. The van der Waals surface area contributed by atoms with Gasteiger partial charge in [0.2, 0.25) is 21.8 Å². The quantitative estimate of drug-likeness (QED) is 0.631. The van der Waals surface area contributed by atoms with Crippen molar-refractivity contribution in [2.24, 2.45) is 0 Å². The molecule has 1 aromatic carbocycles. The van der Waals surface area contributed by atoms with E-state index in [1.54, 1.807) is 12.1 Å². The van der Waals surface area contributed by atoms with Crippen LogP contribution in [0.2, 0.25) is 0 Å². The summed E-state index contributed by atoms with van der Waals surface area (Å²) >= 11 is 0. The molecule has 1 saturated heterocycles. The molecule has 1 aromatic rings. The molecule has 0 spiro atoms. The van der Waals surface area contributed by atoms with Gasteiger partial charge in [0.1, 0.15) is 0 Å². The second kappa shape index (κ2) is 9.67. The van der Waals surface area contributed by atoms with E-state index < -0.39 is 15.9 Å². The average molecular weight is 398 g/mol. The van der Waals surface area contributed by atoms with Crippen LogP contribution in [0.25, 0.3) is 0 Å². The molecule has 2 N–H and O–H groups in total. The Kier molecular flexibility index (Phi) is 7.57. The monoisotopic (exact) mass is 398 g/mol. The number of anilines is 2. The molecule has 0 aromatic heterocycles. The van der Waals surface area contributed by atoms with Crippen molar-refractivity contribution in [3.05, 3.63) is 24.3 Å². The molecule has 1 aliphatic heterocycles. The lowest BCUT2D eigenvalue weighted by Crippen LogP contribution is -2.42. The fraction of sp³-hybridized carbons (Fsp3) is 0.529. The number of nitrogens with zero attached hydrogens (tertiary/aromatic N) is 2. The molecule has 2 amide bonds. The summed E-state index contributed by atoms with van der Waals surface area (Å²) in [7, 11) is 0.349. The van der Waals surface area contributed by atoms with E-state index in [-0.39, 0.29) is 24.6 Å². The van der Waals surface area contributed by atoms with Gasteiger partial charge in [-0.3, -0.25) is 9.59 Å². The molecule has 10 heteroatoms. The maximum absolute atomic E-state index is 12.2. The van der Waals surface area contributed by atoms with Crippen LogP contribution >= 0.6 is 0 Å². The zero-order valence-electron chi connectivity index (χ0n) is 15.6. The molecule has 1 fully saturated rings. The van der Waals surface area contributed by atoms with E-state index in [9.17, 15) is 18.0 Å². The molecule has 0 saturated carbocycles. The smallest absolute Gasteiger partial charge is 0.243 e. The normalized spacial score (nSPS) is 15.2. The van der Waals surface area contributed by atoms with Gasteiger partial charge in [0.25, 0.3) is 0 Å². The summed E-state index contributed by atoms with van der Waals surface area (Å²) in [5.74, 6) is -1.14. The van der Waals surface area contributed by atoms with E-state index in [0.717, 1.165) is 5.69 Å². The van der Waals surface area contributed by atoms with Crippen molar-refractivity contribution in [1.82, 2.24) is 9.62 Å². The summed E-state index contributed by atoms with van der Waals surface area (Å²) in [6.07, 6.45) is -0.190. The summed E-state index contributed by atoms with van der Waals surface area (Å²) in [4.78, 5) is 25.7. The Bertz CT molecular complexity index is 743. The molecule has 0 unspecified atom stereocenters. The highest BCUT2D eigenvalue weighted by molar-refractivity contribution is 7.89. The first kappa shape index (κ1) is 21.1. The summed E-state index contributed by atoms with van der Waals surface area (Å²) in [5.41, 5.74) is 1.62. The first-order valence-electron chi connectivity index (χ1n) is 8.67. The molecule has 150 valence electrons. The minimum absolute atomic E-state index is 0.190. The van der Waals surface area contributed by atoms with Gasteiger partial charge in [-0.25, -0.2) is 8.42 Å². The van der Waals surface area contributed by atoms with Crippen LogP contribution < -0.4 is 15.5 Å². The number of hydrogen-bond donors (Lipinski definition) is 2. The maximum atomic E-state index is 12.2. The van der Waals surface area contributed by atoms with E-state index >= 15 is 0 Å². The minimum atomic E-state index is -3.49. The number of benzene rings is 1. The van der Waals surface area contributed by atoms with Crippen LogP contribution in [-0.2, 0) is 24.3 Å². The molecule has 0 atom stereocenters. The third-order valence-corrected chi connectivity index (χ3v) is 5.94. The van der Waals surface area contributed by atoms with E-state index in [0.29, 0.717) is 32.0 Å². The van der Waals surface area contributed by atoms with Gasteiger partial charge < -0.3 is 20.3 Å². The van der Waals surface area contributed by atoms with Gasteiger partial charge in [0.15, 0.2) is 0 Å². The van der Waals surface area contributed by atoms with Gasteiger partial charge in [-0.1, -0.05) is 0 Å². The van der Waals surface area contributed by atoms with Gasteiger partial charge in [-0.15, -0.1) is 0 Å². The van der Waals surface area contributed by atoms with Crippen LogP contribution in [0.15, 0.2) is 24.3 Å². The molecular formula is C17H26N4O5S. The predicted octanol–water partition coefficient (Wildman–Crippen LogP) is -0.141. The maximum Gasteiger partial charge on any atom is 0.243 e. The van der Waals surface area contributed by atoms with Crippen molar-refractivity contribution >= 4 is 33.2 Å². The Hall–Kier alpha value is -2.17. The number of carbonyl (C=O) groups is 2. The van der Waals surface area contributed by atoms with Crippen molar-refractivity contribution in [3.63, 3.8) is 0 Å².